The van der Waals surface area contributed by atoms with Crippen LogP contribution >= 0.6 is 29.5 Å². The number of nitrogens with two attached hydrogens (primary N) is 1. The molecule has 0 heterocycles. The van der Waals surface area contributed by atoms with E-state index in [1.165, 1.54) is 57.1 Å². The van der Waals surface area contributed by atoms with E-state index in [1.54, 1.807) is 0 Å². The van der Waals surface area contributed by atoms with Gasteiger partial charge in [0.15, 0.2) is 6.29 Å². The topological polar surface area (TPSA) is 56.5 Å². The van der Waals surface area contributed by atoms with E-state index < -0.39 is 8.30 Å². The van der Waals surface area contributed by atoms with Crippen molar-refractivity contribution in [3.63, 3.8) is 0 Å². The van der Waals surface area contributed by atoms with Crippen molar-refractivity contribution in [2.45, 2.75) is 84.0 Å². The van der Waals surface area contributed by atoms with Crippen LogP contribution in [0.2, 0.25) is 0 Å². The van der Waals surface area contributed by atoms with Gasteiger partial charge in [0.2, 0.25) is 0 Å². The molecule has 3 unspecified atom stereocenters. The van der Waals surface area contributed by atoms with Crippen molar-refractivity contribution in [2.24, 2.45) is 11.7 Å². The monoisotopic (exact) mass is 506 g/mol. The molecule has 0 aromatic rings. The molecular weight excluding hydrogens is 462 g/mol. The van der Waals surface area contributed by atoms with Crippen LogP contribution in [0.1, 0.15) is 72.1 Å². The van der Waals surface area contributed by atoms with Gasteiger partial charge in [0.05, 0.1) is 0 Å². The maximum atomic E-state index is 6.10. The van der Waals surface area contributed by atoms with Gasteiger partial charge in [0.1, 0.15) is 8.30 Å². The molecule has 0 aromatic carbocycles. The van der Waals surface area contributed by atoms with Crippen LogP contribution < -0.4 is 10.8 Å². The van der Waals surface area contributed by atoms with Gasteiger partial charge in [0, 0.05) is 32.6 Å². The standard InChI is InChI=1S/C15H32N2O2P2S.C5H9.CH3.Fe/c1-12(9-16)21(17-15(2,3)4)19-14(18-20)11-22-10-13-7-5-6-8-13;1-2-4-5-3-1;;/h13-14,17H,1,5-11,16,20H2,2-4H3;1H,2-5H2;1H3;/q;2*-1;+2. The van der Waals surface area contributed by atoms with Crippen LogP contribution in [0.4, 0.5) is 0 Å². The molecule has 0 saturated heterocycles. The Morgan fingerprint density at radius 3 is 2.28 bits per heavy atom. The van der Waals surface area contributed by atoms with Crippen LogP contribution in [0.5, 0.6) is 0 Å². The summed E-state index contributed by atoms with van der Waals surface area (Å²) in [5, 5.41) is 4.37. The Morgan fingerprint density at radius 2 is 1.86 bits per heavy atom. The van der Waals surface area contributed by atoms with Gasteiger partial charge in [-0.2, -0.15) is 24.6 Å². The molecule has 0 amide bonds. The summed E-state index contributed by atoms with van der Waals surface area (Å²) in [5.41, 5.74) is 5.69. The number of hydrogen-bond donors (Lipinski definition) is 2. The Balaban J connectivity index is 0. The Hall–Kier alpha value is 1.31. The van der Waals surface area contributed by atoms with Crippen molar-refractivity contribution in [3.05, 3.63) is 25.7 Å². The van der Waals surface area contributed by atoms with Crippen LogP contribution in [0.3, 0.4) is 0 Å². The Labute approximate surface area is 199 Å². The molecule has 2 fully saturated rings. The van der Waals surface area contributed by atoms with Crippen LogP contribution in [0, 0.1) is 19.8 Å². The van der Waals surface area contributed by atoms with Crippen LogP contribution in [-0.4, -0.2) is 29.9 Å². The molecule has 29 heavy (non-hydrogen) atoms. The van der Waals surface area contributed by atoms with Crippen molar-refractivity contribution in [3.8, 4) is 0 Å². The van der Waals surface area contributed by atoms with E-state index in [4.69, 9.17) is 14.8 Å². The Bertz CT molecular complexity index is 397. The van der Waals surface area contributed by atoms with Gasteiger partial charge in [-0.1, -0.05) is 32.3 Å². The molecule has 4 nitrogen and oxygen atoms in total. The first-order valence-corrected chi connectivity index (χ1v) is 13.1. The molecule has 0 spiro atoms. The smallest absolute Gasteiger partial charge is 0.358 e. The largest absolute Gasteiger partial charge is 2.00 e. The van der Waals surface area contributed by atoms with Crippen molar-refractivity contribution in [1.29, 1.82) is 0 Å². The average molecular weight is 506 g/mol. The molecule has 8 heteroatoms. The molecule has 2 rings (SSSR count). The molecule has 3 atom stereocenters. The molecule has 2 aliphatic carbocycles. The SMILES string of the molecule is C=C(CN)P(NC(C)(C)C)OC(CSCC1CCCC1)OP.[CH-]1CCCC1.[CH3-].[Fe+2]. The van der Waals surface area contributed by atoms with E-state index in [9.17, 15) is 0 Å². The van der Waals surface area contributed by atoms with Gasteiger partial charge in [-0.3, -0.25) is 5.09 Å². The quantitative estimate of drug-likeness (QED) is 0.155. The molecule has 3 N–H and O–H groups in total. The summed E-state index contributed by atoms with van der Waals surface area (Å²) >= 11 is 1.92. The minimum atomic E-state index is -1.00. The fourth-order valence-corrected chi connectivity index (χ4v) is 6.13. The normalized spacial score (nSPS) is 18.8. The first kappa shape index (κ1) is 32.5. The molecule has 2 aliphatic rings. The first-order chi connectivity index (χ1) is 12.9. The zero-order valence-electron chi connectivity index (χ0n) is 18.9. The second kappa shape index (κ2) is 18.8. The van der Waals surface area contributed by atoms with E-state index in [2.05, 4.69) is 48.3 Å². The Kier molecular flexibility index (Phi) is 21.1. The molecule has 0 aliphatic heterocycles. The van der Waals surface area contributed by atoms with E-state index >= 15 is 0 Å². The number of rotatable bonds is 10. The Morgan fingerprint density at radius 1 is 1.28 bits per heavy atom. The first-order valence-electron chi connectivity index (χ1n) is 10.2. The summed E-state index contributed by atoms with van der Waals surface area (Å²) in [6.45, 7) is 10.8. The fourth-order valence-electron chi connectivity index (χ4n) is 3.01. The van der Waals surface area contributed by atoms with Gasteiger partial charge in [-0.15, -0.1) is 0 Å². The van der Waals surface area contributed by atoms with E-state index in [-0.39, 0.29) is 36.3 Å². The zero-order valence-corrected chi connectivity index (χ0v) is 22.9. The van der Waals surface area contributed by atoms with Crippen LogP contribution in [-0.2, 0) is 26.1 Å². The van der Waals surface area contributed by atoms with Crippen LogP contribution in [0.25, 0.3) is 0 Å². The maximum Gasteiger partial charge on any atom is 2.00 e. The zero-order chi connectivity index (χ0) is 20.1. The second-order valence-electron chi connectivity index (χ2n) is 8.36. The van der Waals surface area contributed by atoms with Gasteiger partial charge >= 0.3 is 17.1 Å². The van der Waals surface area contributed by atoms with E-state index in [0.717, 1.165) is 17.0 Å². The number of nitrogens with one attached hydrogen (secondary N) is 1. The second-order valence-corrected chi connectivity index (χ2v) is 11.4. The third-order valence-electron chi connectivity index (χ3n) is 4.48. The van der Waals surface area contributed by atoms with Crippen molar-refractivity contribution < 1.29 is 26.1 Å². The molecule has 174 valence electrons. The van der Waals surface area contributed by atoms with Gasteiger partial charge < -0.3 is 28.6 Å². The minimum absolute atomic E-state index is 0. The summed E-state index contributed by atoms with van der Waals surface area (Å²) in [6, 6.07) is 0. The molecular formula is C21H44FeN2O2P2S. The van der Waals surface area contributed by atoms with Crippen LogP contribution in [0.15, 0.2) is 11.9 Å². The number of thioether (sulfide) groups is 1. The molecule has 0 aromatic heterocycles. The summed E-state index contributed by atoms with van der Waals surface area (Å²) in [5.74, 6) is 2.92. The van der Waals surface area contributed by atoms with Crippen molar-refractivity contribution >= 4 is 29.5 Å². The molecule has 0 bridgehead atoms. The third kappa shape index (κ3) is 16.6. The van der Waals surface area contributed by atoms with Crippen molar-refractivity contribution in [2.75, 3.05) is 18.1 Å². The molecule has 2 saturated carbocycles. The summed E-state index contributed by atoms with van der Waals surface area (Å²) in [4.78, 5) is 0. The summed E-state index contributed by atoms with van der Waals surface area (Å²) in [7, 11) is 1.32. The van der Waals surface area contributed by atoms with E-state index in [0.29, 0.717) is 6.54 Å². The van der Waals surface area contributed by atoms with Crippen molar-refractivity contribution in [1.82, 2.24) is 5.09 Å². The average Bonchev–Trinajstić information content (AvgIpc) is 3.34. The minimum Gasteiger partial charge on any atom is -0.358 e. The van der Waals surface area contributed by atoms with Gasteiger partial charge in [0.25, 0.3) is 0 Å². The van der Waals surface area contributed by atoms with E-state index in [1.807, 2.05) is 11.8 Å². The molecule has 0 radical (unpaired) electrons. The predicted octanol–water partition coefficient (Wildman–Crippen LogP) is 6.44. The maximum absolute atomic E-state index is 6.10. The third-order valence-corrected chi connectivity index (χ3v) is 8.08. The summed E-state index contributed by atoms with van der Waals surface area (Å²) < 4.78 is 11.5. The van der Waals surface area contributed by atoms with Gasteiger partial charge in [-0.25, -0.2) is 0 Å². The predicted molar refractivity (Wildman–Crippen MR) is 132 cm³/mol. The fraction of sp³-hybridized carbons (Fsp3) is 0.810. The number of hydrogen-bond acceptors (Lipinski definition) is 5. The van der Waals surface area contributed by atoms with Gasteiger partial charge in [-0.05, 0) is 45.3 Å². The summed E-state index contributed by atoms with van der Waals surface area (Å²) in [6.07, 6.45) is 13.3.